The zero-order valence-electron chi connectivity index (χ0n) is 18.4. The molecular formula is C22H27N3O4S2. The number of carbonyl (C=O) groups is 1. The molecule has 0 aliphatic rings. The van der Waals surface area contributed by atoms with E-state index in [9.17, 15) is 13.2 Å². The topological polar surface area (TPSA) is 79.8 Å². The highest BCUT2D eigenvalue weighted by atomic mass is 32.2. The summed E-state index contributed by atoms with van der Waals surface area (Å²) in [6.45, 7) is 4.70. The third kappa shape index (κ3) is 4.89. The van der Waals surface area contributed by atoms with Crippen molar-refractivity contribution in [1.82, 2.24) is 9.88 Å². The summed E-state index contributed by atoms with van der Waals surface area (Å²) in [7, 11) is 2.17. The Kier molecular flexibility index (Phi) is 6.98. The largest absolute Gasteiger partial charge is 0.494 e. The van der Waals surface area contributed by atoms with Gasteiger partial charge in [0.05, 0.1) is 22.5 Å². The van der Waals surface area contributed by atoms with Gasteiger partial charge in [0.1, 0.15) is 11.3 Å². The standard InChI is InChI=1S/C22H27N3O4S2/c1-6-31(27,28)17-10-8-16(9-11-17)21(26)25(14-13-24(3)4)22-23-19-18(29-5)12-7-15(2)20(19)30-22/h7-12H,6,13-14H2,1-5H3. The second kappa shape index (κ2) is 9.33. The number of nitrogens with zero attached hydrogens (tertiary/aromatic N) is 3. The quantitative estimate of drug-likeness (QED) is 0.510. The molecule has 0 atom stereocenters. The summed E-state index contributed by atoms with van der Waals surface area (Å²) >= 11 is 1.45. The van der Waals surface area contributed by atoms with E-state index >= 15 is 0 Å². The molecule has 0 saturated carbocycles. The molecule has 0 spiro atoms. The van der Waals surface area contributed by atoms with Crippen molar-refractivity contribution in [2.24, 2.45) is 0 Å². The maximum Gasteiger partial charge on any atom is 0.260 e. The van der Waals surface area contributed by atoms with E-state index in [2.05, 4.69) is 0 Å². The van der Waals surface area contributed by atoms with Gasteiger partial charge in [0.15, 0.2) is 15.0 Å². The van der Waals surface area contributed by atoms with Crippen molar-refractivity contribution in [2.45, 2.75) is 18.7 Å². The highest BCUT2D eigenvalue weighted by Crippen LogP contribution is 2.36. The smallest absolute Gasteiger partial charge is 0.260 e. The summed E-state index contributed by atoms with van der Waals surface area (Å²) in [4.78, 5) is 22.0. The maximum atomic E-state index is 13.4. The van der Waals surface area contributed by atoms with Crippen LogP contribution in [0.2, 0.25) is 0 Å². The third-order valence-electron chi connectivity index (χ3n) is 5.00. The number of anilines is 1. The Morgan fingerprint density at radius 2 is 1.77 bits per heavy atom. The molecule has 0 fully saturated rings. The van der Waals surface area contributed by atoms with Crippen LogP contribution in [0.15, 0.2) is 41.3 Å². The van der Waals surface area contributed by atoms with Crippen LogP contribution in [0.3, 0.4) is 0 Å². The average Bonchev–Trinajstić information content (AvgIpc) is 3.20. The predicted molar refractivity (Wildman–Crippen MR) is 125 cm³/mol. The van der Waals surface area contributed by atoms with Gasteiger partial charge in [-0.05, 0) is 56.9 Å². The van der Waals surface area contributed by atoms with Gasteiger partial charge in [0.2, 0.25) is 0 Å². The van der Waals surface area contributed by atoms with Crippen molar-refractivity contribution in [3.63, 3.8) is 0 Å². The number of carbonyl (C=O) groups excluding carboxylic acids is 1. The minimum atomic E-state index is -3.32. The molecule has 3 aromatic rings. The van der Waals surface area contributed by atoms with Crippen molar-refractivity contribution < 1.29 is 17.9 Å². The summed E-state index contributed by atoms with van der Waals surface area (Å²) in [5.41, 5.74) is 2.21. The Hall–Kier alpha value is -2.49. The normalized spacial score (nSPS) is 11.8. The van der Waals surface area contributed by atoms with Crippen LogP contribution in [0.5, 0.6) is 5.75 Å². The number of methoxy groups -OCH3 is 1. The zero-order valence-corrected chi connectivity index (χ0v) is 20.0. The molecule has 7 nitrogen and oxygen atoms in total. The fourth-order valence-electron chi connectivity index (χ4n) is 3.09. The van der Waals surface area contributed by atoms with E-state index in [0.29, 0.717) is 29.5 Å². The molecule has 1 aromatic heterocycles. The van der Waals surface area contributed by atoms with Gasteiger partial charge in [-0.2, -0.15) is 0 Å². The minimum Gasteiger partial charge on any atom is -0.494 e. The first-order chi connectivity index (χ1) is 14.7. The van der Waals surface area contributed by atoms with Gasteiger partial charge < -0.3 is 9.64 Å². The van der Waals surface area contributed by atoms with E-state index in [1.165, 1.54) is 23.5 Å². The molecular weight excluding hydrogens is 434 g/mol. The number of amides is 1. The van der Waals surface area contributed by atoms with Crippen LogP contribution >= 0.6 is 11.3 Å². The van der Waals surface area contributed by atoms with Crippen molar-refractivity contribution in [3.05, 3.63) is 47.5 Å². The van der Waals surface area contributed by atoms with Crippen molar-refractivity contribution in [2.75, 3.05) is 44.9 Å². The molecule has 166 valence electrons. The van der Waals surface area contributed by atoms with E-state index in [0.717, 1.165) is 15.8 Å². The van der Waals surface area contributed by atoms with Gasteiger partial charge in [-0.1, -0.05) is 24.3 Å². The molecule has 0 N–H and O–H groups in total. The monoisotopic (exact) mass is 461 g/mol. The van der Waals surface area contributed by atoms with E-state index in [-0.39, 0.29) is 16.6 Å². The van der Waals surface area contributed by atoms with Crippen LogP contribution < -0.4 is 9.64 Å². The summed E-state index contributed by atoms with van der Waals surface area (Å²) < 4.78 is 30.6. The Morgan fingerprint density at radius 3 is 2.35 bits per heavy atom. The van der Waals surface area contributed by atoms with Crippen LogP contribution in [0, 0.1) is 6.92 Å². The highest BCUT2D eigenvalue weighted by molar-refractivity contribution is 7.91. The van der Waals surface area contributed by atoms with Gasteiger partial charge in [0.25, 0.3) is 5.91 Å². The Balaban J connectivity index is 2.02. The number of hydrogen-bond acceptors (Lipinski definition) is 7. The van der Waals surface area contributed by atoms with Crippen molar-refractivity contribution in [1.29, 1.82) is 0 Å². The first-order valence-corrected chi connectivity index (χ1v) is 12.4. The van der Waals surface area contributed by atoms with Crippen molar-refractivity contribution >= 4 is 42.4 Å². The average molecular weight is 462 g/mol. The third-order valence-corrected chi connectivity index (χ3v) is 7.96. The Labute approximate surface area is 187 Å². The molecule has 2 aromatic carbocycles. The summed E-state index contributed by atoms with van der Waals surface area (Å²) in [5.74, 6) is 0.456. The zero-order chi connectivity index (χ0) is 22.8. The second-order valence-electron chi connectivity index (χ2n) is 7.45. The predicted octanol–water partition coefficient (Wildman–Crippen LogP) is 3.62. The van der Waals surface area contributed by atoms with Crippen LogP contribution in [-0.4, -0.2) is 64.3 Å². The van der Waals surface area contributed by atoms with Crippen molar-refractivity contribution in [3.8, 4) is 5.75 Å². The second-order valence-corrected chi connectivity index (χ2v) is 10.7. The molecule has 0 unspecified atom stereocenters. The number of aromatic nitrogens is 1. The first kappa shape index (κ1) is 23.2. The number of sulfone groups is 1. The van der Waals surface area contributed by atoms with Gasteiger partial charge in [0, 0.05) is 18.7 Å². The van der Waals surface area contributed by atoms with Crippen LogP contribution in [0.25, 0.3) is 10.2 Å². The lowest BCUT2D eigenvalue weighted by Crippen LogP contribution is -2.36. The number of hydrogen-bond donors (Lipinski definition) is 0. The lowest BCUT2D eigenvalue weighted by atomic mass is 10.2. The number of fused-ring (bicyclic) bond motifs is 1. The number of benzene rings is 2. The number of aryl methyl sites for hydroxylation is 1. The number of thiazole rings is 1. The summed E-state index contributed by atoms with van der Waals surface area (Å²) in [5, 5.41) is 0.583. The highest BCUT2D eigenvalue weighted by Gasteiger charge is 2.23. The SMILES string of the molecule is CCS(=O)(=O)c1ccc(C(=O)N(CCN(C)C)c2nc3c(OC)ccc(C)c3s2)cc1. The van der Waals surface area contributed by atoms with Crippen LogP contribution in [-0.2, 0) is 9.84 Å². The molecule has 9 heteroatoms. The number of rotatable bonds is 8. The first-order valence-electron chi connectivity index (χ1n) is 9.91. The molecule has 31 heavy (non-hydrogen) atoms. The lowest BCUT2D eigenvalue weighted by Gasteiger charge is -2.22. The van der Waals surface area contributed by atoms with Crippen LogP contribution in [0.4, 0.5) is 5.13 Å². The molecule has 0 radical (unpaired) electrons. The van der Waals surface area contributed by atoms with E-state index < -0.39 is 9.84 Å². The van der Waals surface area contributed by atoms with E-state index in [1.807, 2.05) is 38.1 Å². The molecule has 0 aliphatic carbocycles. The van der Waals surface area contributed by atoms with Gasteiger partial charge in [-0.15, -0.1) is 0 Å². The molecule has 1 amide bonds. The Bertz CT molecular complexity index is 1190. The summed E-state index contributed by atoms with van der Waals surface area (Å²) in [6, 6.07) is 9.95. The molecule has 1 heterocycles. The summed E-state index contributed by atoms with van der Waals surface area (Å²) in [6.07, 6.45) is 0. The molecule has 0 aliphatic heterocycles. The van der Waals surface area contributed by atoms with Crippen LogP contribution in [0.1, 0.15) is 22.8 Å². The van der Waals surface area contributed by atoms with Gasteiger partial charge in [-0.25, -0.2) is 13.4 Å². The number of likely N-dealkylation sites (N-methyl/N-ethyl adjacent to an activating group) is 1. The molecule has 3 rings (SSSR count). The maximum absolute atomic E-state index is 13.4. The molecule has 0 saturated heterocycles. The van der Waals surface area contributed by atoms with Gasteiger partial charge >= 0.3 is 0 Å². The van der Waals surface area contributed by atoms with Gasteiger partial charge in [-0.3, -0.25) is 9.69 Å². The minimum absolute atomic E-state index is 0.0160. The lowest BCUT2D eigenvalue weighted by molar-refractivity contribution is 0.0985. The Morgan fingerprint density at radius 1 is 1.10 bits per heavy atom. The number of ether oxygens (including phenoxy) is 1. The fourth-order valence-corrected chi connectivity index (χ4v) is 5.05. The van der Waals surface area contributed by atoms with E-state index in [4.69, 9.17) is 9.72 Å². The van der Waals surface area contributed by atoms with E-state index in [1.54, 1.807) is 31.1 Å². The molecule has 0 bridgehead atoms. The fraction of sp³-hybridized carbons (Fsp3) is 0.364.